The normalized spacial score (nSPS) is 36.0. The maximum Gasteiger partial charge on any atom is 0.309 e. The molecule has 5 saturated carbocycles. The van der Waals surface area contributed by atoms with E-state index in [0.717, 1.165) is 69.9 Å². The molecule has 0 spiro atoms. The third kappa shape index (κ3) is 8.52. The van der Waals surface area contributed by atoms with E-state index in [4.69, 9.17) is 21.1 Å². The van der Waals surface area contributed by atoms with Crippen molar-refractivity contribution in [3.05, 3.63) is 39.9 Å². The van der Waals surface area contributed by atoms with E-state index in [-0.39, 0.29) is 56.9 Å². The molecule has 6 aliphatic carbocycles. The van der Waals surface area contributed by atoms with Gasteiger partial charge in [-0.15, -0.1) is 0 Å². The predicted octanol–water partition coefficient (Wildman–Crippen LogP) is 10.4. The van der Waals surface area contributed by atoms with Crippen molar-refractivity contribution in [1.82, 2.24) is 15.5 Å². The number of ether oxygens (including phenoxy) is 2. The molecule has 0 aromatic heterocycles. The second-order valence-electron chi connectivity index (χ2n) is 24.8. The topological polar surface area (TPSA) is 134 Å². The molecule has 1 aromatic carbocycles. The molecule has 7 rings (SSSR count). The number of Topliss-reactive ketones (excluding diaryl/α,β-unsaturated/α-hetero) is 1. The van der Waals surface area contributed by atoms with Crippen LogP contribution >= 0.6 is 11.6 Å². The molecule has 10 nitrogen and oxygen atoms in total. The molecule has 6 aliphatic rings. The number of fused-ring (bicyclic) bond motifs is 7. The number of nitrogens with zero attached hydrogens (tertiary/aromatic N) is 1. The predicted molar refractivity (Wildman–Crippen MR) is 257 cm³/mol. The van der Waals surface area contributed by atoms with Gasteiger partial charge in [0.05, 0.1) is 17.4 Å². The summed E-state index contributed by atoms with van der Waals surface area (Å²) in [7, 11) is 3.96. The lowest BCUT2D eigenvalue weighted by Crippen LogP contribution is -2.66. The van der Waals surface area contributed by atoms with Gasteiger partial charge in [0, 0.05) is 40.9 Å². The Morgan fingerprint density at radius 1 is 0.908 bits per heavy atom. The van der Waals surface area contributed by atoms with Gasteiger partial charge in [-0.1, -0.05) is 79.5 Å². The number of rotatable bonds is 15. The van der Waals surface area contributed by atoms with Gasteiger partial charge in [0.1, 0.15) is 18.5 Å². The number of ketones is 1. The van der Waals surface area contributed by atoms with E-state index in [2.05, 4.69) is 59.1 Å². The largest absolute Gasteiger partial charge is 0.491 e. The minimum absolute atomic E-state index is 0.0494. The molecule has 1 amide bonds. The van der Waals surface area contributed by atoms with Gasteiger partial charge in [0.25, 0.3) is 5.91 Å². The summed E-state index contributed by atoms with van der Waals surface area (Å²) in [4.78, 5) is 55.5. The van der Waals surface area contributed by atoms with Gasteiger partial charge in [-0.3, -0.25) is 19.2 Å². The Morgan fingerprint density at radius 2 is 1.62 bits per heavy atom. The van der Waals surface area contributed by atoms with Crippen molar-refractivity contribution in [3.8, 4) is 5.75 Å². The number of esters is 1. The Bertz CT molecular complexity index is 2080. The van der Waals surface area contributed by atoms with Crippen LogP contribution in [0, 0.1) is 68.0 Å². The molecule has 0 heterocycles. The third-order valence-corrected chi connectivity index (χ3v) is 19.6. The van der Waals surface area contributed by atoms with Gasteiger partial charge in [-0.05, 0) is 168 Å². The lowest BCUT2D eigenvalue weighted by molar-refractivity contribution is -0.236. The first-order chi connectivity index (χ1) is 30.1. The highest BCUT2D eigenvalue weighted by atomic mass is 35.5. The molecule has 0 unspecified atom stereocenters. The zero-order valence-corrected chi connectivity index (χ0v) is 42.9. The molecule has 1 aromatic rings. The van der Waals surface area contributed by atoms with E-state index in [1.807, 2.05) is 46.7 Å². The number of nitrogens with one attached hydrogen (secondary N) is 2. The van der Waals surface area contributed by atoms with Crippen molar-refractivity contribution in [3.63, 3.8) is 0 Å². The monoisotopic (exact) mass is 920 g/mol. The van der Waals surface area contributed by atoms with Crippen molar-refractivity contribution in [1.29, 1.82) is 0 Å². The molecule has 3 N–H and O–H groups in total. The molecule has 0 aliphatic heterocycles. The number of carbonyl (C=O) groups excluding carboxylic acids is 3. The molecule has 0 radical (unpaired) electrons. The average Bonchev–Trinajstić information content (AvgIpc) is 3.49. The Labute approximate surface area is 395 Å². The van der Waals surface area contributed by atoms with Crippen molar-refractivity contribution in [2.24, 2.45) is 68.0 Å². The van der Waals surface area contributed by atoms with E-state index in [9.17, 15) is 24.3 Å². The molecule has 362 valence electrons. The summed E-state index contributed by atoms with van der Waals surface area (Å²) < 4.78 is 12.5. The van der Waals surface area contributed by atoms with Crippen molar-refractivity contribution >= 4 is 35.2 Å². The second-order valence-corrected chi connectivity index (χ2v) is 25.3. The average molecular weight is 921 g/mol. The number of hydrogen-bond acceptors (Lipinski definition) is 8. The first-order valence-corrected chi connectivity index (χ1v) is 25.3. The molecular formula is C54H82ClN3O7. The molecule has 10 atom stereocenters. The zero-order chi connectivity index (χ0) is 47.9. The Morgan fingerprint density at radius 3 is 2.26 bits per heavy atom. The van der Waals surface area contributed by atoms with Crippen LogP contribution in [0.15, 0.2) is 29.3 Å². The summed E-state index contributed by atoms with van der Waals surface area (Å²) in [6.45, 7) is 27.2. The van der Waals surface area contributed by atoms with E-state index in [1.165, 1.54) is 5.57 Å². The fourth-order valence-corrected chi connectivity index (χ4v) is 15.7. The van der Waals surface area contributed by atoms with Gasteiger partial charge < -0.3 is 30.1 Å². The summed E-state index contributed by atoms with van der Waals surface area (Å²) >= 11 is 6.30. The van der Waals surface area contributed by atoms with Gasteiger partial charge >= 0.3 is 11.9 Å². The maximum atomic E-state index is 14.3. The molecule has 65 heavy (non-hydrogen) atoms. The first kappa shape index (κ1) is 49.9. The second kappa shape index (κ2) is 17.5. The van der Waals surface area contributed by atoms with Crippen LogP contribution in [0.3, 0.4) is 0 Å². The molecule has 5 fully saturated rings. The van der Waals surface area contributed by atoms with Crippen molar-refractivity contribution in [2.45, 2.75) is 158 Å². The molecule has 0 saturated heterocycles. The number of allylic oxidation sites excluding steroid dienone is 2. The molecular weight excluding hydrogens is 838 g/mol. The smallest absolute Gasteiger partial charge is 0.309 e. The van der Waals surface area contributed by atoms with Crippen LogP contribution in [-0.4, -0.2) is 85.6 Å². The number of likely N-dealkylation sites (N-methyl/N-ethyl adjacent to an activating group) is 1. The third-order valence-electron chi connectivity index (χ3n) is 19.4. The summed E-state index contributed by atoms with van der Waals surface area (Å²) in [6.07, 6.45) is 10.1. The van der Waals surface area contributed by atoms with Crippen molar-refractivity contribution < 1.29 is 33.8 Å². The van der Waals surface area contributed by atoms with Crippen LogP contribution < -0.4 is 15.4 Å². The Kier molecular flexibility index (Phi) is 13.5. The number of benzene rings is 1. The molecule has 11 heteroatoms. The lowest BCUT2D eigenvalue weighted by Gasteiger charge is -2.72. The van der Waals surface area contributed by atoms with E-state index < -0.39 is 22.8 Å². The fraction of sp³-hybridized carbons (Fsp3) is 0.778. The highest BCUT2D eigenvalue weighted by Gasteiger charge is 2.70. The van der Waals surface area contributed by atoms with Crippen LogP contribution in [-0.2, 0) is 19.1 Å². The Balaban J connectivity index is 1.04. The number of carboxylic acids is 1. The highest BCUT2D eigenvalue weighted by Crippen LogP contribution is 2.77. The van der Waals surface area contributed by atoms with Gasteiger partial charge in [0.15, 0.2) is 5.78 Å². The van der Waals surface area contributed by atoms with E-state index in [0.29, 0.717) is 72.4 Å². The summed E-state index contributed by atoms with van der Waals surface area (Å²) in [6, 6.07) is 5.15. The van der Waals surface area contributed by atoms with E-state index >= 15 is 0 Å². The minimum atomic E-state index is -0.829. The van der Waals surface area contributed by atoms with Crippen LogP contribution in [0.25, 0.3) is 0 Å². The number of aliphatic carboxylic acids is 1. The van der Waals surface area contributed by atoms with Crippen LogP contribution in [0.1, 0.15) is 157 Å². The summed E-state index contributed by atoms with van der Waals surface area (Å²) in [5, 5.41) is 17.2. The number of halogens is 1. The van der Waals surface area contributed by atoms with Gasteiger partial charge in [-0.2, -0.15) is 0 Å². The van der Waals surface area contributed by atoms with Gasteiger partial charge in [0.2, 0.25) is 0 Å². The van der Waals surface area contributed by atoms with E-state index in [1.54, 1.807) is 18.2 Å². The summed E-state index contributed by atoms with van der Waals surface area (Å²) in [5.74, 6) is 0.126. The van der Waals surface area contributed by atoms with Crippen LogP contribution in [0.4, 0.5) is 0 Å². The summed E-state index contributed by atoms with van der Waals surface area (Å²) in [5.41, 5.74) is 1.76. The quantitative estimate of drug-likeness (QED) is 0.116. The van der Waals surface area contributed by atoms with Crippen molar-refractivity contribution in [2.75, 3.05) is 40.3 Å². The number of amides is 1. The zero-order valence-electron chi connectivity index (χ0n) is 42.1. The highest BCUT2D eigenvalue weighted by molar-refractivity contribution is 6.30. The fourth-order valence-electron chi connectivity index (χ4n) is 15.5. The number of carbonyl (C=O) groups is 4. The first-order valence-electron chi connectivity index (χ1n) is 25.0. The standard InChI is InChI=1S/C54H82ClN3O7/c1-32(2)43-38(59)30-54(24-25-56-31-48(3,4)57-45(60)34-15-14-33(55)28-39(34)64-27-26-58(12)13)23-22-52(10)35(44(43)54)16-17-41-51(9)20-19-42(50(7,8)40(51)18-21-53(41,52)11)65-47(63)37-29-36(46(61)62)49(37,5)6/h14-15,28,32,35-37,40-42,56H,16-27,29-31H2,1-13H3,(H,57,60)(H,61,62)/t35-,36+,37-,40+,41-,42+,51+,52-,53-,54-/m1/s1. The number of hydrogen-bond donors (Lipinski definition) is 3. The van der Waals surface area contributed by atoms with Gasteiger partial charge in [-0.25, -0.2) is 0 Å². The lowest BCUT2D eigenvalue weighted by atomic mass is 9.33. The Hall–Kier alpha value is -2.95. The molecule has 0 bridgehead atoms. The maximum absolute atomic E-state index is 14.3. The minimum Gasteiger partial charge on any atom is -0.491 e. The van der Waals surface area contributed by atoms with Crippen LogP contribution in [0.2, 0.25) is 5.02 Å². The SMILES string of the molecule is CC(C)C1=C2[C@H]3CC[C@@H]4[C@@]5(C)CC[C@H](OC(=O)[C@H]6C[C@@H](C(=O)O)C6(C)C)C(C)(C)[C@@H]5CC[C@@]4(C)[C@]3(C)CC[C@@]2(CCNCC(C)(C)NC(=O)c2ccc(Cl)cc2OCCN(C)C)CC1=O. The van der Waals surface area contributed by atoms with Crippen LogP contribution in [0.5, 0.6) is 5.75 Å². The number of carboxylic acid groups (broad SMARTS) is 1.